The molecular formula is C9H14ClN3O2. The van der Waals surface area contributed by atoms with Crippen LogP contribution in [0.5, 0.6) is 0 Å². The van der Waals surface area contributed by atoms with Crippen LogP contribution in [0.15, 0.2) is 6.20 Å². The van der Waals surface area contributed by atoms with Crippen molar-refractivity contribution in [2.24, 2.45) is 0 Å². The van der Waals surface area contributed by atoms with Crippen LogP contribution in [0.4, 0.5) is 0 Å². The quantitative estimate of drug-likeness (QED) is 0.757. The Hall–Kier alpha value is -1.07. The number of halogens is 1. The second-order valence-corrected chi connectivity index (χ2v) is 3.11. The highest BCUT2D eigenvalue weighted by Crippen LogP contribution is 2.09. The van der Waals surface area contributed by atoms with Crippen LogP contribution in [0, 0.1) is 0 Å². The molecule has 0 saturated carbocycles. The van der Waals surface area contributed by atoms with Crippen LogP contribution >= 0.6 is 12.4 Å². The Labute approximate surface area is 94.2 Å². The van der Waals surface area contributed by atoms with E-state index in [2.05, 4.69) is 10.3 Å². The monoisotopic (exact) mass is 231 g/mol. The third-order valence-corrected chi connectivity index (χ3v) is 2.22. The number of carbonyl (C=O) groups excluding carboxylic acids is 1. The third kappa shape index (κ3) is 2.30. The Morgan fingerprint density at radius 3 is 3.27 bits per heavy atom. The fraction of sp³-hybridized carbons (Fsp3) is 0.556. The Morgan fingerprint density at radius 1 is 1.73 bits per heavy atom. The Kier molecular flexibility index (Phi) is 4.11. The molecule has 0 aromatic carbocycles. The maximum atomic E-state index is 11.5. The normalized spacial score (nSPS) is 13.9. The minimum Gasteiger partial charge on any atom is -0.461 e. The molecule has 0 fully saturated rings. The highest BCUT2D eigenvalue weighted by Gasteiger charge is 2.18. The summed E-state index contributed by atoms with van der Waals surface area (Å²) in [5.41, 5.74) is 0.559. The summed E-state index contributed by atoms with van der Waals surface area (Å²) in [4.78, 5) is 15.6. The number of nitrogens with one attached hydrogen (secondary N) is 1. The molecule has 0 aliphatic carbocycles. The lowest BCUT2D eigenvalue weighted by atomic mass is 10.4. The van der Waals surface area contributed by atoms with E-state index >= 15 is 0 Å². The average molecular weight is 232 g/mol. The van der Waals surface area contributed by atoms with Gasteiger partial charge in [0.1, 0.15) is 11.5 Å². The molecule has 0 amide bonds. The molecule has 0 bridgehead atoms. The first-order valence-corrected chi connectivity index (χ1v) is 4.75. The van der Waals surface area contributed by atoms with Crippen molar-refractivity contribution in [3.05, 3.63) is 17.7 Å². The second-order valence-electron chi connectivity index (χ2n) is 3.11. The van der Waals surface area contributed by atoms with Crippen molar-refractivity contribution in [1.82, 2.24) is 14.9 Å². The number of carbonyl (C=O) groups is 1. The molecule has 0 radical (unpaired) electrons. The summed E-state index contributed by atoms with van der Waals surface area (Å²) in [6.07, 6.45) is 1.58. The molecule has 5 nitrogen and oxygen atoms in total. The molecule has 2 heterocycles. The van der Waals surface area contributed by atoms with Crippen LogP contribution in [-0.4, -0.2) is 28.7 Å². The average Bonchev–Trinajstić information content (AvgIpc) is 2.61. The number of aromatic nitrogens is 2. The number of fused-ring (bicyclic) bond motifs is 1. The zero-order valence-corrected chi connectivity index (χ0v) is 9.34. The van der Waals surface area contributed by atoms with Gasteiger partial charge in [-0.05, 0) is 6.92 Å². The predicted octanol–water partition coefficient (Wildman–Crippen LogP) is 0.585. The lowest BCUT2D eigenvalue weighted by Gasteiger charge is -2.16. The summed E-state index contributed by atoms with van der Waals surface area (Å²) in [5.74, 6) is 0.618. The number of nitrogens with zero attached hydrogens (tertiary/aromatic N) is 2. The molecule has 1 aliphatic rings. The van der Waals surface area contributed by atoms with Gasteiger partial charge in [-0.2, -0.15) is 0 Å². The van der Waals surface area contributed by atoms with Crippen molar-refractivity contribution in [2.75, 3.05) is 13.2 Å². The molecule has 84 valence electrons. The lowest BCUT2D eigenvalue weighted by molar-refractivity contribution is 0.0512. The molecular weight excluding hydrogens is 218 g/mol. The van der Waals surface area contributed by atoms with Crippen LogP contribution in [0.3, 0.4) is 0 Å². The fourth-order valence-corrected chi connectivity index (χ4v) is 1.56. The molecule has 0 atom stereocenters. The summed E-state index contributed by atoms with van der Waals surface area (Å²) < 4.78 is 6.84. The smallest absolute Gasteiger partial charge is 0.356 e. The predicted molar refractivity (Wildman–Crippen MR) is 57.1 cm³/mol. The van der Waals surface area contributed by atoms with E-state index in [0.29, 0.717) is 12.3 Å². The van der Waals surface area contributed by atoms with Crippen molar-refractivity contribution >= 4 is 18.4 Å². The largest absolute Gasteiger partial charge is 0.461 e. The number of imidazole rings is 1. The molecule has 1 aliphatic heterocycles. The molecule has 1 N–H and O–H groups in total. The molecule has 15 heavy (non-hydrogen) atoms. The zero-order valence-electron chi connectivity index (χ0n) is 8.52. The third-order valence-electron chi connectivity index (χ3n) is 2.22. The van der Waals surface area contributed by atoms with Crippen molar-refractivity contribution in [2.45, 2.75) is 20.0 Å². The van der Waals surface area contributed by atoms with Gasteiger partial charge < -0.3 is 14.6 Å². The SMILES string of the molecule is CCOC(=O)c1cnc2n1CCNC2.Cl. The number of hydrogen-bond acceptors (Lipinski definition) is 4. The van der Waals surface area contributed by atoms with Gasteiger partial charge in [0.2, 0.25) is 0 Å². The van der Waals surface area contributed by atoms with Crippen molar-refractivity contribution < 1.29 is 9.53 Å². The van der Waals surface area contributed by atoms with E-state index in [0.717, 1.165) is 25.5 Å². The second kappa shape index (κ2) is 5.14. The molecule has 1 aromatic rings. The van der Waals surface area contributed by atoms with Gasteiger partial charge in [-0.3, -0.25) is 0 Å². The van der Waals surface area contributed by atoms with Crippen LogP contribution in [0.25, 0.3) is 0 Å². The van der Waals surface area contributed by atoms with Crippen molar-refractivity contribution in [1.29, 1.82) is 0 Å². The summed E-state index contributed by atoms with van der Waals surface area (Å²) in [6, 6.07) is 0. The zero-order chi connectivity index (χ0) is 9.97. The maximum Gasteiger partial charge on any atom is 0.356 e. The Balaban J connectivity index is 0.00000112. The molecule has 0 spiro atoms. The van der Waals surface area contributed by atoms with E-state index in [1.807, 2.05) is 4.57 Å². The first kappa shape index (κ1) is 12.0. The summed E-state index contributed by atoms with van der Waals surface area (Å²) in [6.45, 7) is 4.57. The standard InChI is InChI=1S/C9H13N3O2.ClH/c1-2-14-9(13)7-5-11-8-6-10-3-4-12(7)8;/h5,10H,2-4,6H2,1H3;1H. The summed E-state index contributed by atoms with van der Waals surface area (Å²) in [5, 5.41) is 3.19. The number of ether oxygens (including phenoxy) is 1. The minimum absolute atomic E-state index is 0. The molecule has 0 unspecified atom stereocenters. The highest BCUT2D eigenvalue weighted by molar-refractivity contribution is 5.87. The molecule has 0 saturated heterocycles. The lowest BCUT2D eigenvalue weighted by Crippen LogP contribution is -2.30. The van der Waals surface area contributed by atoms with Gasteiger partial charge in [0.15, 0.2) is 0 Å². The van der Waals surface area contributed by atoms with Gasteiger partial charge in [-0.15, -0.1) is 12.4 Å². The number of hydrogen-bond donors (Lipinski definition) is 1. The summed E-state index contributed by atoms with van der Waals surface area (Å²) in [7, 11) is 0. The van der Waals surface area contributed by atoms with Crippen molar-refractivity contribution in [3.8, 4) is 0 Å². The van der Waals surface area contributed by atoms with Gasteiger partial charge in [-0.1, -0.05) is 0 Å². The Bertz CT molecular complexity index is 351. The first-order chi connectivity index (χ1) is 6.83. The van der Waals surface area contributed by atoms with Crippen LogP contribution < -0.4 is 5.32 Å². The van der Waals surface area contributed by atoms with Gasteiger partial charge in [-0.25, -0.2) is 9.78 Å². The fourth-order valence-electron chi connectivity index (χ4n) is 1.56. The summed E-state index contributed by atoms with van der Waals surface area (Å²) >= 11 is 0. The van der Waals surface area contributed by atoms with E-state index in [4.69, 9.17) is 4.74 Å². The number of esters is 1. The molecule has 2 rings (SSSR count). The molecule has 1 aromatic heterocycles. The number of rotatable bonds is 2. The van der Waals surface area contributed by atoms with Gasteiger partial charge in [0, 0.05) is 13.1 Å². The van der Waals surface area contributed by atoms with E-state index < -0.39 is 0 Å². The van der Waals surface area contributed by atoms with Gasteiger partial charge in [0.05, 0.1) is 19.3 Å². The van der Waals surface area contributed by atoms with Crippen LogP contribution in [0.1, 0.15) is 23.2 Å². The minimum atomic E-state index is -0.284. The first-order valence-electron chi connectivity index (χ1n) is 4.75. The van der Waals surface area contributed by atoms with Crippen LogP contribution in [0.2, 0.25) is 0 Å². The van der Waals surface area contributed by atoms with Gasteiger partial charge >= 0.3 is 5.97 Å². The van der Waals surface area contributed by atoms with Crippen molar-refractivity contribution in [3.63, 3.8) is 0 Å². The highest BCUT2D eigenvalue weighted by atomic mass is 35.5. The molecule has 6 heteroatoms. The van der Waals surface area contributed by atoms with E-state index in [-0.39, 0.29) is 18.4 Å². The van der Waals surface area contributed by atoms with E-state index in [9.17, 15) is 4.79 Å². The van der Waals surface area contributed by atoms with Gasteiger partial charge in [0.25, 0.3) is 0 Å². The maximum absolute atomic E-state index is 11.5. The topological polar surface area (TPSA) is 56.1 Å². The van der Waals surface area contributed by atoms with E-state index in [1.165, 1.54) is 0 Å². The Morgan fingerprint density at radius 2 is 2.53 bits per heavy atom. The van der Waals surface area contributed by atoms with Crippen LogP contribution in [-0.2, 0) is 17.8 Å². The van der Waals surface area contributed by atoms with E-state index in [1.54, 1.807) is 13.1 Å².